The lowest BCUT2D eigenvalue weighted by Crippen LogP contribution is -2.51. The van der Waals surface area contributed by atoms with Crippen LogP contribution >= 0.6 is 11.8 Å². The van der Waals surface area contributed by atoms with Gasteiger partial charge in [0.1, 0.15) is 0 Å². The number of aliphatic imine (C=N–C) groups is 1. The molecule has 0 spiro atoms. The molecule has 0 aromatic heterocycles. The summed E-state index contributed by atoms with van der Waals surface area (Å²) < 4.78 is 22.9. The van der Waals surface area contributed by atoms with Crippen LogP contribution in [0.15, 0.2) is 4.99 Å². The zero-order valence-corrected chi connectivity index (χ0v) is 15.7. The van der Waals surface area contributed by atoms with E-state index in [1.165, 1.54) is 6.26 Å². The van der Waals surface area contributed by atoms with Gasteiger partial charge in [-0.1, -0.05) is 0 Å². The summed E-state index contributed by atoms with van der Waals surface area (Å²) in [5.41, 5.74) is 0. The number of thioether (sulfide) groups is 1. The normalized spacial score (nSPS) is 20.5. The SMILES string of the molecule is CCNC(=NCC(C)(C)S(C)(=O)=O)N1CCSC(C)(C)C1. The van der Waals surface area contributed by atoms with E-state index in [0.29, 0.717) is 0 Å². The highest BCUT2D eigenvalue weighted by Gasteiger charge is 2.32. The molecule has 0 unspecified atom stereocenters. The van der Waals surface area contributed by atoms with Crippen LogP contribution in [0.5, 0.6) is 0 Å². The van der Waals surface area contributed by atoms with Gasteiger partial charge in [-0.25, -0.2) is 8.42 Å². The van der Waals surface area contributed by atoms with Crippen molar-refractivity contribution in [3.63, 3.8) is 0 Å². The molecular weight excluding hydrogens is 306 g/mol. The van der Waals surface area contributed by atoms with Crippen molar-refractivity contribution < 1.29 is 8.42 Å². The molecule has 124 valence electrons. The predicted octanol–water partition coefficient (Wildman–Crippen LogP) is 1.60. The van der Waals surface area contributed by atoms with Crippen molar-refractivity contribution in [3.8, 4) is 0 Å². The molecule has 21 heavy (non-hydrogen) atoms. The Balaban J connectivity index is 2.89. The Morgan fingerprint density at radius 3 is 2.52 bits per heavy atom. The van der Waals surface area contributed by atoms with Crippen molar-refractivity contribution in [1.82, 2.24) is 10.2 Å². The Hall–Kier alpha value is -0.430. The molecule has 1 rings (SSSR count). The van der Waals surface area contributed by atoms with Crippen LogP contribution in [0.3, 0.4) is 0 Å². The van der Waals surface area contributed by atoms with Gasteiger partial charge in [-0.2, -0.15) is 11.8 Å². The highest BCUT2D eigenvalue weighted by molar-refractivity contribution is 8.00. The molecule has 1 N–H and O–H groups in total. The first kappa shape index (κ1) is 18.6. The molecule has 0 aromatic rings. The maximum atomic E-state index is 11.8. The number of nitrogens with zero attached hydrogens (tertiary/aromatic N) is 2. The van der Waals surface area contributed by atoms with Crippen molar-refractivity contribution in [2.24, 2.45) is 4.99 Å². The first-order valence-electron chi connectivity index (χ1n) is 7.35. The molecule has 0 atom stereocenters. The summed E-state index contributed by atoms with van der Waals surface area (Å²) in [4.78, 5) is 6.82. The summed E-state index contributed by atoms with van der Waals surface area (Å²) in [6.45, 7) is 12.9. The maximum Gasteiger partial charge on any atom is 0.194 e. The highest BCUT2D eigenvalue weighted by Crippen LogP contribution is 2.29. The molecule has 0 aromatic carbocycles. The van der Waals surface area contributed by atoms with Crippen LogP contribution in [0.4, 0.5) is 0 Å². The summed E-state index contributed by atoms with van der Waals surface area (Å²) in [5.74, 6) is 1.88. The van der Waals surface area contributed by atoms with Gasteiger partial charge in [-0.3, -0.25) is 4.99 Å². The second-order valence-electron chi connectivity index (χ2n) is 6.73. The minimum absolute atomic E-state index is 0.195. The summed E-state index contributed by atoms with van der Waals surface area (Å²) in [5, 5.41) is 3.29. The quantitative estimate of drug-likeness (QED) is 0.625. The van der Waals surface area contributed by atoms with E-state index in [-0.39, 0.29) is 11.3 Å². The average Bonchev–Trinajstić information content (AvgIpc) is 2.31. The van der Waals surface area contributed by atoms with Gasteiger partial charge < -0.3 is 10.2 Å². The van der Waals surface area contributed by atoms with Crippen molar-refractivity contribution in [1.29, 1.82) is 0 Å². The van der Waals surface area contributed by atoms with E-state index in [9.17, 15) is 8.42 Å². The summed E-state index contributed by atoms with van der Waals surface area (Å²) in [7, 11) is -3.12. The first-order valence-corrected chi connectivity index (χ1v) is 10.2. The highest BCUT2D eigenvalue weighted by atomic mass is 32.2. The third kappa shape index (κ3) is 5.36. The molecule has 0 saturated carbocycles. The van der Waals surface area contributed by atoms with Crippen molar-refractivity contribution >= 4 is 27.6 Å². The van der Waals surface area contributed by atoms with Gasteiger partial charge in [0.05, 0.1) is 11.3 Å². The van der Waals surface area contributed by atoms with E-state index in [4.69, 9.17) is 0 Å². The minimum Gasteiger partial charge on any atom is -0.357 e. The Morgan fingerprint density at radius 1 is 1.43 bits per heavy atom. The van der Waals surface area contributed by atoms with Gasteiger partial charge in [0.25, 0.3) is 0 Å². The van der Waals surface area contributed by atoms with Crippen LogP contribution in [0.2, 0.25) is 0 Å². The fourth-order valence-electron chi connectivity index (χ4n) is 2.01. The Morgan fingerprint density at radius 2 is 2.05 bits per heavy atom. The van der Waals surface area contributed by atoms with Gasteiger partial charge in [-0.15, -0.1) is 0 Å². The topological polar surface area (TPSA) is 61.8 Å². The Labute approximate surface area is 133 Å². The van der Waals surface area contributed by atoms with Gasteiger partial charge >= 0.3 is 0 Å². The minimum atomic E-state index is -3.12. The number of nitrogens with one attached hydrogen (secondary N) is 1. The maximum absolute atomic E-state index is 11.8. The second kappa shape index (κ2) is 6.77. The van der Waals surface area contributed by atoms with Crippen LogP contribution in [0.1, 0.15) is 34.6 Å². The van der Waals surface area contributed by atoms with Gasteiger partial charge in [0, 0.05) is 36.4 Å². The summed E-state index contributed by atoms with van der Waals surface area (Å²) in [6.07, 6.45) is 1.27. The zero-order chi connectivity index (χ0) is 16.3. The third-order valence-corrected chi connectivity index (χ3v) is 7.11. The molecule has 1 fully saturated rings. The molecule has 7 heteroatoms. The van der Waals surface area contributed by atoms with Crippen molar-refractivity contribution in [3.05, 3.63) is 0 Å². The molecular formula is C14H29N3O2S2. The smallest absolute Gasteiger partial charge is 0.194 e. The number of hydrogen-bond donors (Lipinski definition) is 1. The zero-order valence-electron chi connectivity index (χ0n) is 14.1. The Bertz CT molecular complexity index is 484. The van der Waals surface area contributed by atoms with Gasteiger partial charge in [0.2, 0.25) is 0 Å². The number of guanidine groups is 1. The van der Waals surface area contributed by atoms with Gasteiger partial charge in [0.15, 0.2) is 15.8 Å². The number of sulfone groups is 1. The molecule has 5 nitrogen and oxygen atoms in total. The lowest BCUT2D eigenvalue weighted by atomic mass is 10.2. The second-order valence-corrected chi connectivity index (χ2v) is 11.2. The lowest BCUT2D eigenvalue weighted by molar-refractivity contribution is 0.375. The van der Waals surface area contributed by atoms with Crippen LogP contribution in [-0.2, 0) is 9.84 Å². The average molecular weight is 336 g/mol. The molecule has 0 bridgehead atoms. The third-order valence-electron chi connectivity index (χ3n) is 3.67. The first-order chi connectivity index (χ1) is 9.48. The fraction of sp³-hybridized carbons (Fsp3) is 0.929. The van der Waals surface area contributed by atoms with Crippen molar-refractivity contribution in [2.75, 3.05) is 38.2 Å². The van der Waals surface area contributed by atoms with E-state index in [1.54, 1.807) is 13.8 Å². The number of hydrogen-bond acceptors (Lipinski definition) is 4. The molecule has 1 aliphatic heterocycles. The van der Waals surface area contributed by atoms with Crippen LogP contribution < -0.4 is 5.32 Å². The predicted molar refractivity (Wildman–Crippen MR) is 93.0 cm³/mol. The summed E-state index contributed by atoms with van der Waals surface area (Å²) in [6, 6.07) is 0. The number of rotatable bonds is 4. The summed E-state index contributed by atoms with van der Waals surface area (Å²) >= 11 is 1.97. The van der Waals surface area contributed by atoms with Crippen LogP contribution in [0.25, 0.3) is 0 Å². The monoisotopic (exact) mass is 335 g/mol. The molecule has 0 radical (unpaired) electrons. The van der Waals surface area contributed by atoms with Crippen LogP contribution in [-0.4, -0.2) is 67.0 Å². The Kier molecular flexibility index (Phi) is 6.00. The van der Waals surface area contributed by atoms with Crippen molar-refractivity contribution in [2.45, 2.75) is 44.1 Å². The fourth-order valence-corrected chi connectivity index (χ4v) is 3.42. The van der Waals surface area contributed by atoms with E-state index in [2.05, 4.69) is 29.1 Å². The largest absolute Gasteiger partial charge is 0.357 e. The molecule has 0 amide bonds. The molecule has 1 aliphatic rings. The van der Waals surface area contributed by atoms with E-state index >= 15 is 0 Å². The van der Waals surface area contributed by atoms with Crippen LogP contribution in [0, 0.1) is 0 Å². The molecule has 1 saturated heterocycles. The van der Waals surface area contributed by atoms with E-state index in [1.807, 2.05) is 18.7 Å². The van der Waals surface area contributed by atoms with E-state index in [0.717, 1.165) is 31.3 Å². The standard InChI is InChI=1S/C14H29N3O2S2/c1-7-15-12(16-10-14(4,5)21(6,18)19)17-8-9-20-13(2,3)11-17/h7-11H2,1-6H3,(H,15,16). The van der Waals surface area contributed by atoms with E-state index < -0.39 is 14.6 Å². The lowest BCUT2D eigenvalue weighted by Gasteiger charge is -2.39. The molecule has 0 aliphatic carbocycles. The van der Waals surface area contributed by atoms with Gasteiger partial charge in [-0.05, 0) is 34.6 Å². The molecule has 1 heterocycles.